The number of likely N-dealkylation sites (tertiary alicyclic amines) is 1. The van der Waals surface area contributed by atoms with Crippen LogP contribution in [0.4, 0.5) is 0 Å². The average Bonchev–Trinajstić information content (AvgIpc) is 3.11. The van der Waals surface area contributed by atoms with Crippen LogP contribution >= 0.6 is 0 Å². The number of piperidine rings is 1. The maximum absolute atomic E-state index is 12.9. The second kappa shape index (κ2) is 5.23. The van der Waals surface area contributed by atoms with E-state index in [0.717, 1.165) is 44.6 Å². The van der Waals surface area contributed by atoms with Gasteiger partial charge in [-0.3, -0.25) is 4.79 Å². The van der Waals surface area contributed by atoms with E-state index < -0.39 is 0 Å². The zero-order chi connectivity index (χ0) is 16.0. The molecule has 0 saturated carbocycles. The summed E-state index contributed by atoms with van der Waals surface area (Å²) in [6.07, 6.45) is 10.5. The number of hydrogen-bond acceptors (Lipinski definition) is 3. The Balaban J connectivity index is 1.53. The molecule has 1 saturated heterocycles. The summed E-state index contributed by atoms with van der Waals surface area (Å²) in [5.74, 6) is 0.0631. The summed E-state index contributed by atoms with van der Waals surface area (Å²) in [7, 11) is 1.93. The van der Waals surface area contributed by atoms with Crippen molar-refractivity contribution in [2.75, 3.05) is 19.7 Å². The smallest absolute Gasteiger partial charge is 0.259 e. The number of aryl methyl sites for hydroxylation is 1. The summed E-state index contributed by atoms with van der Waals surface area (Å²) in [4.78, 5) is 14.8. The van der Waals surface area contributed by atoms with Crippen molar-refractivity contribution >= 4 is 11.6 Å². The van der Waals surface area contributed by atoms with Gasteiger partial charge in [-0.25, -0.2) is 4.52 Å². The molecule has 0 unspecified atom stereocenters. The molecule has 0 aromatic carbocycles. The molecule has 1 fully saturated rings. The first-order valence-electron chi connectivity index (χ1n) is 8.18. The summed E-state index contributed by atoms with van der Waals surface area (Å²) >= 11 is 0. The lowest BCUT2D eigenvalue weighted by Crippen LogP contribution is -2.48. The fourth-order valence-corrected chi connectivity index (χ4v) is 3.73. The molecular weight excluding hydrogens is 292 g/mol. The predicted molar refractivity (Wildman–Crippen MR) is 86.4 cm³/mol. The molecular formula is C17H22N4O2. The Morgan fingerprint density at radius 1 is 1.30 bits per heavy atom. The van der Waals surface area contributed by atoms with Crippen molar-refractivity contribution in [2.45, 2.75) is 31.8 Å². The number of rotatable bonds is 1. The maximum atomic E-state index is 12.9. The Morgan fingerprint density at radius 2 is 2.09 bits per heavy atom. The van der Waals surface area contributed by atoms with Crippen molar-refractivity contribution in [3.05, 3.63) is 35.8 Å². The average molecular weight is 314 g/mol. The fraction of sp³-hybridized carbons (Fsp3) is 0.529. The van der Waals surface area contributed by atoms with Gasteiger partial charge in [0.1, 0.15) is 11.2 Å². The molecule has 2 aromatic heterocycles. The molecule has 0 radical (unpaired) electrons. The van der Waals surface area contributed by atoms with Crippen molar-refractivity contribution in [1.29, 1.82) is 0 Å². The molecule has 1 amide bonds. The van der Waals surface area contributed by atoms with Crippen molar-refractivity contribution in [1.82, 2.24) is 19.1 Å². The summed E-state index contributed by atoms with van der Waals surface area (Å²) in [5, 5.41) is 4.26. The Labute approximate surface area is 135 Å². The highest BCUT2D eigenvalue weighted by atomic mass is 16.5. The van der Waals surface area contributed by atoms with E-state index in [4.69, 9.17) is 4.74 Å². The van der Waals surface area contributed by atoms with Crippen LogP contribution in [0.25, 0.3) is 5.65 Å². The third-order valence-corrected chi connectivity index (χ3v) is 5.06. The number of ether oxygens (including phenoxy) is 1. The van der Waals surface area contributed by atoms with Gasteiger partial charge in [0.05, 0.1) is 18.4 Å². The van der Waals surface area contributed by atoms with Crippen LogP contribution in [0, 0.1) is 0 Å². The second-order valence-electron chi connectivity index (χ2n) is 6.68. The maximum Gasteiger partial charge on any atom is 0.259 e. The van der Waals surface area contributed by atoms with Gasteiger partial charge < -0.3 is 14.2 Å². The van der Waals surface area contributed by atoms with Crippen LogP contribution in [0.3, 0.4) is 0 Å². The van der Waals surface area contributed by atoms with Gasteiger partial charge in [-0.05, 0) is 26.2 Å². The number of aromatic nitrogens is 3. The first-order chi connectivity index (χ1) is 11.1. The Morgan fingerprint density at radius 3 is 2.83 bits per heavy atom. The van der Waals surface area contributed by atoms with E-state index in [0.29, 0.717) is 5.56 Å². The van der Waals surface area contributed by atoms with Crippen molar-refractivity contribution in [2.24, 2.45) is 7.05 Å². The lowest BCUT2D eigenvalue weighted by molar-refractivity contribution is -0.0522. The van der Waals surface area contributed by atoms with E-state index in [9.17, 15) is 4.79 Å². The molecule has 0 bridgehead atoms. The van der Waals surface area contributed by atoms with Gasteiger partial charge in [0.25, 0.3) is 5.91 Å². The number of fused-ring (bicyclic) bond motifs is 1. The molecule has 0 N–H and O–H groups in total. The predicted octanol–water partition coefficient (Wildman–Crippen LogP) is 2.01. The highest BCUT2D eigenvalue weighted by Gasteiger charge is 2.37. The second-order valence-corrected chi connectivity index (χ2v) is 6.68. The number of hydrogen-bond donors (Lipinski definition) is 0. The van der Waals surface area contributed by atoms with Gasteiger partial charge >= 0.3 is 0 Å². The van der Waals surface area contributed by atoms with Gasteiger partial charge in [0.2, 0.25) is 0 Å². The third kappa shape index (κ3) is 2.37. The minimum atomic E-state index is -0.154. The zero-order valence-corrected chi connectivity index (χ0v) is 13.7. The van der Waals surface area contributed by atoms with Crippen LogP contribution in [-0.4, -0.2) is 50.3 Å². The van der Waals surface area contributed by atoms with E-state index in [1.54, 1.807) is 10.7 Å². The molecule has 122 valence electrons. The number of carbonyl (C=O) groups excluding carboxylic acids is 1. The zero-order valence-electron chi connectivity index (χ0n) is 13.7. The van der Waals surface area contributed by atoms with Crippen molar-refractivity contribution in [3.8, 4) is 0 Å². The van der Waals surface area contributed by atoms with E-state index in [1.807, 2.05) is 28.9 Å². The molecule has 6 heteroatoms. The highest BCUT2D eigenvalue weighted by Crippen LogP contribution is 2.33. The van der Waals surface area contributed by atoms with Crippen LogP contribution in [0.1, 0.15) is 36.5 Å². The number of nitrogens with zero attached hydrogens (tertiary/aromatic N) is 4. The van der Waals surface area contributed by atoms with Gasteiger partial charge in [-0.2, -0.15) is 5.10 Å². The highest BCUT2D eigenvalue weighted by molar-refractivity contribution is 5.99. The number of imidazole rings is 1. The first kappa shape index (κ1) is 14.5. The normalized spacial score (nSPS) is 21.0. The summed E-state index contributed by atoms with van der Waals surface area (Å²) in [6, 6.07) is 0. The van der Waals surface area contributed by atoms with Crippen LogP contribution in [-0.2, 0) is 11.8 Å². The lowest BCUT2D eigenvalue weighted by Gasteiger charge is -2.42. The van der Waals surface area contributed by atoms with Crippen LogP contribution in [0.5, 0.6) is 0 Å². The summed E-state index contributed by atoms with van der Waals surface area (Å²) in [5.41, 5.74) is 2.76. The Bertz CT molecular complexity index is 778. The molecule has 4 heterocycles. The topological polar surface area (TPSA) is 51.8 Å². The van der Waals surface area contributed by atoms with Crippen molar-refractivity contribution in [3.63, 3.8) is 0 Å². The molecule has 2 aliphatic rings. The van der Waals surface area contributed by atoms with Gasteiger partial charge in [0.15, 0.2) is 0 Å². The quantitative estimate of drug-likeness (QED) is 0.757. The Kier molecular flexibility index (Phi) is 3.30. The monoisotopic (exact) mass is 314 g/mol. The third-order valence-electron chi connectivity index (χ3n) is 5.06. The van der Waals surface area contributed by atoms with E-state index in [-0.39, 0.29) is 11.5 Å². The van der Waals surface area contributed by atoms with Crippen LogP contribution < -0.4 is 0 Å². The SMILES string of the molecule is CC1=CC2(CCN(C(=O)c3cnn4ccn(C)c34)CC2)OCC1. The minimum Gasteiger partial charge on any atom is -0.370 e. The molecule has 0 aliphatic carbocycles. The molecule has 2 aliphatic heterocycles. The van der Waals surface area contributed by atoms with Gasteiger partial charge in [-0.1, -0.05) is 11.6 Å². The number of carbonyl (C=O) groups is 1. The summed E-state index contributed by atoms with van der Waals surface area (Å²) < 4.78 is 9.72. The molecule has 0 atom stereocenters. The molecule has 1 spiro atoms. The van der Waals surface area contributed by atoms with Crippen LogP contribution in [0.2, 0.25) is 0 Å². The first-order valence-corrected chi connectivity index (χ1v) is 8.18. The fourth-order valence-electron chi connectivity index (χ4n) is 3.73. The molecule has 2 aromatic rings. The largest absolute Gasteiger partial charge is 0.370 e. The summed E-state index contributed by atoms with van der Waals surface area (Å²) in [6.45, 7) is 4.42. The lowest BCUT2D eigenvalue weighted by atomic mass is 9.87. The number of amides is 1. The molecule has 6 nitrogen and oxygen atoms in total. The van der Waals surface area contributed by atoms with E-state index in [2.05, 4.69) is 18.1 Å². The Hall–Kier alpha value is -2.08. The van der Waals surface area contributed by atoms with Gasteiger partial charge in [0, 0.05) is 32.5 Å². The van der Waals surface area contributed by atoms with E-state index >= 15 is 0 Å². The molecule has 23 heavy (non-hydrogen) atoms. The van der Waals surface area contributed by atoms with Gasteiger partial charge in [-0.15, -0.1) is 0 Å². The minimum absolute atomic E-state index is 0.0631. The van der Waals surface area contributed by atoms with Crippen molar-refractivity contribution < 1.29 is 9.53 Å². The molecule has 4 rings (SSSR count). The van der Waals surface area contributed by atoms with Crippen LogP contribution in [0.15, 0.2) is 30.2 Å². The standard InChI is InChI=1S/C17H22N4O2/c1-13-3-10-23-17(11-13)4-6-20(7-5-17)16(22)14-12-18-21-9-8-19(2)15(14)21/h8-9,11-12H,3-7,10H2,1-2H3. The van der Waals surface area contributed by atoms with E-state index in [1.165, 1.54) is 5.57 Å².